The Morgan fingerprint density at radius 2 is 1.86 bits per heavy atom. The second kappa shape index (κ2) is 11.9. The molecule has 2 fully saturated rings. The maximum atomic E-state index is 14.7. The van der Waals surface area contributed by atoms with E-state index in [0.717, 1.165) is 55.1 Å². The van der Waals surface area contributed by atoms with Gasteiger partial charge in [0.05, 0.1) is 42.6 Å². The Kier molecular flexibility index (Phi) is 8.18. The highest BCUT2D eigenvalue weighted by atomic mass is 32.2. The average Bonchev–Trinajstić information content (AvgIpc) is 3.06. The van der Waals surface area contributed by atoms with E-state index >= 15 is 0 Å². The molecule has 1 saturated carbocycles. The van der Waals surface area contributed by atoms with Crippen LogP contribution in [0.2, 0.25) is 0 Å². The Morgan fingerprint density at radius 3 is 2.63 bits per heavy atom. The van der Waals surface area contributed by atoms with Gasteiger partial charge >= 0.3 is 0 Å². The number of halogens is 2. The minimum Gasteiger partial charge on any atom is -0.372 e. The lowest BCUT2D eigenvalue weighted by Crippen LogP contribution is -2.45. The summed E-state index contributed by atoms with van der Waals surface area (Å²) in [5.74, 6) is 0.0362. The van der Waals surface area contributed by atoms with Gasteiger partial charge in [-0.3, -0.25) is 9.78 Å². The maximum absolute atomic E-state index is 14.7. The number of hydrogen-bond donors (Lipinski definition) is 1. The Bertz CT molecular complexity index is 1620. The first kappa shape index (κ1) is 29.6. The van der Waals surface area contributed by atoms with Gasteiger partial charge in [0.1, 0.15) is 11.6 Å². The smallest absolute Gasteiger partial charge is 0.251 e. The number of pyridine rings is 2. The number of ether oxygens (including phenoxy) is 2. The third-order valence-corrected chi connectivity index (χ3v) is 10.1. The van der Waals surface area contributed by atoms with Crippen LogP contribution in [0, 0.1) is 5.82 Å². The molecular weight excluding hydrogens is 578 g/mol. The summed E-state index contributed by atoms with van der Waals surface area (Å²) in [7, 11) is -4.49. The molecular formula is C31H34F2N4O5S. The van der Waals surface area contributed by atoms with Crippen molar-refractivity contribution in [3.8, 4) is 0 Å². The van der Waals surface area contributed by atoms with E-state index in [2.05, 4.69) is 47.2 Å². The quantitative estimate of drug-likeness (QED) is 0.436. The highest BCUT2D eigenvalue weighted by Crippen LogP contribution is 2.47. The molecule has 0 radical (unpaired) electrons. The lowest BCUT2D eigenvalue weighted by atomic mass is 9.70. The molecule has 9 nitrogen and oxygen atoms in total. The molecule has 1 aromatic carbocycles. The summed E-state index contributed by atoms with van der Waals surface area (Å²) in [6.45, 7) is 4.76. The fraction of sp³-hybridized carbons (Fsp3) is 0.452. The van der Waals surface area contributed by atoms with Crippen molar-refractivity contribution >= 4 is 21.6 Å². The molecule has 6 rings (SSSR count). The van der Waals surface area contributed by atoms with Gasteiger partial charge in [0.2, 0.25) is 15.3 Å². The first-order valence-electron chi connectivity index (χ1n) is 14.5. The summed E-state index contributed by atoms with van der Waals surface area (Å²) in [6, 6.07) is 12.1. The third-order valence-electron chi connectivity index (χ3n) is 8.35. The van der Waals surface area contributed by atoms with Crippen LogP contribution >= 0.6 is 0 Å². The largest absolute Gasteiger partial charge is 0.372 e. The Balaban J connectivity index is 1.08. The number of sulfone groups is 1. The van der Waals surface area contributed by atoms with Crippen molar-refractivity contribution in [1.82, 2.24) is 15.3 Å². The van der Waals surface area contributed by atoms with E-state index in [1.54, 1.807) is 6.20 Å². The van der Waals surface area contributed by atoms with Crippen molar-refractivity contribution in [2.75, 3.05) is 24.6 Å². The molecule has 12 heteroatoms. The normalized spacial score (nSPS) is 26.6. The molecule has 3 atom stereocenters. The number of benzene rings is 1. The molecule has 0 unspecified atom stereocenters. The van der Waals surface area contributed by atoms with Gasteiger partial charge in [0.15, 0.2) is 0 Å². The van der Waals surface area contributed by atoms with Crippen LogP contribution in [0.25, 0.3) is 0 Å². The van der Waals surface area contributed by atoms with Crippen molar-refractivity contribution in [1.29, 1.82) is 0 Å². The maximum Gasteiger partial charge on any atom is 0.251 e. The van der Waals surface area contributed by atoms with Crippen molar-refractivity contribution in [2.45, 2.75) is 74.3 Å². The molecule has 3 aliphatic rings. The van der Waals surface area contributed by atoms with E-state index in [4.69, 9.17) is 14.5 Å². The molecule has 0 bridgehead atoms. The van der Waals surface area contributed by atoms with Crippen LogP contribution in [-0.4, -0.2) is 61.7 Å². The second-order valence-corrected chi connectivity index (χ2v) is 13.7. The van der Waals surface area contributed by atoms with E-state index < -0.39 is 45.2 Å². The van der Waals surface area contributed by atoms with Crippen molar-refractivity contribution in [3.63, 3.8) is 0 Å². The molecule has 4 heterocycles. The summed E-state index contributed by atoms with van der Waals surface area (Å²) in [6.07, 6.45) is 3.91. The van der Waals surface area contributed by atoms with Gasteiger partial charge in [0, 0.05) is 42.0 Å². The number of morpholine rings is 1. The first-order valence-corrected chi connectivity index (χ1v) is 16.0. The van der Waals surface area contributed by atoms with Crippen LogP contribution in [0.3, 0.4) is 0 Å². The van der Waals surface area contributed by atoms with Gasteiger partial charge in [-0.1, -0.05) is 6.07 Å². The number of carbonyl (C=O) groups is 1. The van der Waals surface area contributed by atoms with Gasteiger partial charge in [-0.2, -0.15) is 0 Å². The van der Waals surface area contributed by atoms with Crippen LogP contribution < -0.4 is 10.2 Å². The first-order chi connectivity index (χ1) is 20.6. The Hall–Kier alpha value is -3.48. The fourth-order valence-electron chi connectivity index (χ4n) is 6.08. The fourth-order valence-corrected chi connectivity index (χ4v) is 7.42. The van der Waals surface area contributed by atoms with Gasteiger partial charge in [-0.25, -0.2) is 22.2 Å². The molecule has 2 aromatic heterocycles. The van der Waals surface area contributed by atoms with Gasteiger partial charge in [-0.05, 0) is 74.6 Å². The van der Waals surface area contributed by atoms with Crippen LogP contribution in [0.1, 0.15) is 71.4 Å². The molecule has 43 heavy (non-hydrogen) atoms. The molecule has 3 aromatic rings. The number of fused-ring (bicyclic) bond motifs is 1. The summed E-state index contributed by atoms with van der Waals surface area (Å²) < 4.78 is 64.7. The zero-order valence-corrected chi connectivity index (χ0v) is 24.8. The average molecular weight is 613 g/mol. The predicted octanol–water partition coefficient (Wildman–Crippen LogP) is 4.42. The zero-order chi connectivity index (χ0) is 30.3. The summed E-state index contributed by atoms with van der Waals surface area (Å²) in [5, 5.41) is 2.67. The Labute approximate surface area is 249 Å². The number of amides is 1. The number of hydrogen-bond acceptors (Lipinski definition) is 8. The molecule has 228 valence electrons. The minimum atomic E-state index is -4.49. The number of nitrogens with one attached hydrogen (secondary N) is 1. The SMILES string of the molecule is C[C@@H]1CN(c2cccc(C3CC(c4ccnc(CNC(=O)c5cc(F)c6c(c5)S(=O)(=O)[C@@H](F)COC6)c4)C3)n2)C[C@H](C)O1. The molecule has 1 N–H and O–H groups in total. The van der Waals surface area contributed by atoms with Gasteiger partial charge in [0.25, 0.3) is 5.91 Å². The number of carbonyl (C=O) groups excluding carboxylic acids is 1. The van der Waals surface area contributed by atoms with Crippen LogP contribution in [-0.2, 0) is 32.5 Å². The van der Waals surface area contributed by atoms with Crippen LogP contribution in [0.15, 0.2) is 53.6 Å². The number of anilines is 1. The molecule has 1 saturated heterocycles. The summed E-state index contributed by atoms with van der Waals surface area (Å²) in [4.78, 5) is 23.9. The Morgan fingerprint density at radius 1 is 1.09 bits per heavy atom. The predicted molar refractivity (Wildman–Crippen MR) is 155 cm³/mol. The van der Waals surface area contributed by atoms with E-state index in [9.17, 15) is 22.0 Å². The lowest BCUT2D eigenvalue weighted by molar-refractivity contribution is -0.00548. The number of rotatable bonds is 6. The standard InChI is InChI=1S/C31H34F2N4O5S/c1-18-14-37(15-19(2)42-18)30-5-3-4-27(36-30)22-8-21(9-22)20-6-7-34-24(10-20)13-35-31(38)23-11-26(32)25-16-41-17-29(33)43(39,40)28(25)12-23/h3-7,10-12,18-19,21-22,29H,8-9,13-17H2,1-2H3,(H,35,38)/t18-,19+,21?,22?,29-/m1/s1. The van der Waals surface area contributed by atoms with Crippen molar-refractivity contribution in [2.24, 2.45) is 0 Å². The van der Waals surface area contributed by atoms with E-state index in [0.29, 0.717) is 17.5 Å². The number of aromatic nitrogens is 2. The lowest BCUT2D eigenvalue weighted by Gasteiger charge is -2.38. The second-order valence-electron chi connectivity index (χ2n) is 11.6. The van der Waals surface area contributed by atoms with Crippen LogP contribution in [0.5, 0.6) is 0 Å². The highest BCUT2D eigenvalue weighted by Gasteiger charge is 2.35. The molecule has 2 aliphatic heterocycles. The number of nitrogens with zero attached hydrogens (tertiary/aromatic N) is 3. The van der Waals surface area contributed by atoms with E-state index in [1.165, 1.54) is 0 Å². The van der Waals surface area contributed by atoms with Crippen molar-refractivity contribution in [3.05, 3.63) is 82.6 Å². The van der Waals surface area contributed by atoms with Gasteiger partial charge < -0.3 is 19.7 Å². The van der Waals surface area contributed by atoms with E-state index in [-0.39, 0.29) is 29.9 Å². The number of alkyl halides is 1. The molecule has 0 spiro atoms. The topological polar surface area (TPSA) is 111 Å². The van der Waals surface area contributed by atoms with Crippen molar-refractivity contribution < 1.29 is 31.5 Å². The molecule has 1 aliphatic carbocycles. The van der Waals surface area contributed by atoms with E-state index in [1.807, 2.05) is 12.1 Å². The highest BCUT2D eigenvalue weighted by molar-refractivity contribution is 7.92. The zero-order valence-electron chi connectivity index (χ0n) is 24.0. The summed E-state index contributed by atoms with van der Waals surface area (Å²) in [5.41, 5.74) is -0.0206. The minimum absolute atomic E-state index is 0.0586. The molecule has 1 amide bonds. The van der Waals surface area contributed by atoms with Crippen LogP contribution in [0.4, 0.5) is 14.6 Å². The third kappa shape index (κ3) is 6.13. The monoisotopic (exact) mass is 612 g/mol. The van der Waals surface area contributed by atoms with Gasteiger partial charge in [-0.15, -0.1) is 0 Å². The summed E-state index contributed by atoms with van der Waals surface area (Å²) >= 11 is 0.